The van der Waals surface area contributed by atoms with Crippen LogP contribution in [-0.2, 0) is 7.05 Å². The van der Waals surface area contributed by atoms with Crippen molar-refractivity contribution in [3.63, 3.8) is 0 Å². The van der Waals surface area contributed by atoms with Crippen molar-refractivity contribution in [2.24, 2.45) is 7.05 Å². The first kappa shape index (κ1) is 10.1. The zero-order valence-electron chi connectivity index (χ0n) is 9.72. The summed E-state index contributed by atoms with van der Waals surface area (Å²) in [7, 11) is 1.83. The Balaban J connectivity index is 2.22. The van der Waals surface area contributed by atoms with Crippen molar-refractivity contribution in [1.82, 2.24) is 14.5 Å². The Morgan fingerprint density at radius 2 is 2.12 bits per heavy atom. The van der Waals surface area contributed by atoms with Gasteiger partial charge in [-0.15, -0.1) is 0 Å². The number of fused-ring (bicyclic) bond motifs is 1. The van der Waals surface area contributed by atoms with E-state index >= 15 is 0 Å². The van der Waals surface area contributed by atoms with Crippen molar-refractivity contribution in [2.75, 3.05) is 18.0 Å². The monoisotopic (exact) mass is 227 g/mol. The van der Waals surface area contributed by atoms with Crippen molar-refractivity contribution < 1.29 is 0 Å². The molecular formula is C12H13N5. The standard InChI is InChI=1S/C12H13N5/c1-16-10(8-13)15-11-9(4-5-14-12(11)16)17-6-2-3-7-17/h4-5H,2-3,6-7H2,1H3. The molecule has 5 nitrogen and oxygen atoms in total. The summed E-state index contributed by atoms with van der Waals surface area (Å²) in [5.74, 6) is 0.416. The molecule has 0 N–H and O–H groups in total. The van der Waals surface area contributed by atoms with E-state index < -0.39 is 0 Å². The fourth-order valence-electron chi connectivity index (χ4n) is 2.38. The minimum atomic E-state index is 0.416. The second-order valence-corrected chi connectivity index (χ2v) is 4.30. The number of aryl methyl sites for hydroxylation is 1. The maximum absolute atomic E-state index is 9.00. The van der Waals surface area contributed by atoms with Gasteiger partial charge in [-0.1, -0.05) is 0 Å². The lowest BCUT2D eigenvalue weighted by atomic mass is 10.3. The molecule has 1 aliphatic heterocycles. The second kappa shape index (κ2) is 3.74. The number of nitriles is 1. The molecule has 0 saturated carbocycles. The molecule has 0 aliphatic carbocycles. The number of pyridine rings is 1. The number of hydrogen-bond donors (Lipinski definition) is 0. The third-order valence-electron chi connectivity index (χ3n) is 3.28. The first-order valence-electron chi connectivity index (χ1n) is 5.78. The van der Waals surface area contributed by atoms with Gasteiger partial charge in [0.05, 0.1) is 5.69 Å². The fraction of sp³-hybridized carbons (Fsp3) is 0.417. The molecule has 5 heteroatoms. The molecule has 1 fully saturated rings. The summed E-state index contributed by atoms with van der Waals surface area (Å²) in [5.41, 5.74) is 2.73. The summed E-state index contributed by atoms with van der Waals surface area (Å²) in [6.07, 6.45) is 4.24. The summed E-state index contributed by atoms with van der Waals surface area (Å²) in [6.45, 7) is 2.13. The molecule has 17 heavy (non-hydrogen) atoms. The number of rotatable bonds is 1. The van der Waals surface area contributed by atoms with Crippen LogP contribution in [0.1, 0.15) is 18.7 Å². The lowest BCUT2D eigenvalue weighted by molar-refractivity contribution is 0.906. The van der Waals surface area contributed by atoms with Gasteiger partial charge in [-0.3, -0.25) is 0 Å². The van der Waals surface area contributed by atoms with Gasteiger partial charge < -0.3 is 9.47 Å². The van der Waals surface area contributed by atoms with Crippen LogP contribution in [0.2, 0.25) is 0 Å². The second-order valence-electron chi connectivity index (χ2n) is 4.30. The molecule has 3 rings (SSSR count). The quantitative estimate of drug-likeness (QED) is 0.739. The Hall–Kier alpha value is -2.09. The molecule has 0 radical (unpaired) electrons. The van der Waals surface area contributed by atoms with E-state index in [0.29, 0.717) is 5.82 Å². The normalized spacial score (nSPS) is 15.4. The molecule has 0 spiro atoms. The molecule has 2 aromatic heterocycles. The molecular weight excluding hydrogens is 214 g/mol. The zero-order valence-corrected chi connectivity index (χ0v) is 9.72. The van der Waals surface area contributed by atoms with Gasteiger partial charge in [0.25, 0.3) is 0 Å². The van der Waals surface area contributed by atoms with Crippen LogP contribution in [0.3, 0.4) is 0 Å². The van der Waals surface area contributed by atoms with E-state index in [4.69, 9.17) is 5.26 Å². The van der Waals surface area contributed by atoms with Crippen molar-refractivity contribution >= 4 is 16.9 Å². The topological polar surface area (TPSA) is 57.7 Å². The maximum Gasteiger partial charge on any atom is 0.214 e. The molecule has 0 aromatic carbocycles. The van der Waals surface area contributed by atoms with Crippen molar-refractivity contribution in [2.45, 2.75) is 12.8 Å². The maximum atomic E-state index is 9.00. The highest BCUT2D eigenvalue weighted by molar-refractivity contribution is 5.87. The lowest BCUT2D eigenvalue weighted by Crippen LogP contribution is -2.18. The summed E-state index contributed by atoms with van der Waals surface area (Å²) >= 11 is 0. The van der Waals surface area contributed by atoms with Gasteiger partial charge in [0.1, 0.15) is 11.6 Å². The minimum Gasteiger partial charge on any atom is -0.370 e. The zero-order chi connectivity index (χ0) is 11.8. The van der Waals surface area contributed by atoms with Gasteiger partial charge in [0.15, 0.2) is 5.65 Å². The van der Waals surface area contributed by atoms with Crippen LogP contribution < -0.4 is 4.90 Å². The SMILES string of the molecule is Cn1c(C#N)nc2c(N3CCCC3)ccnc21. The van der Waals surface area contributed by atoms with Crippen LogP contribution in [0.4, 0.5) is 5.69 Å². The Kier molecular flexibility index (Phi) is 2.22. The first-order chi connectivity index (χ1) is 8.31. The van der Waals surface area contributed by atoms with Crippen molar-refractivity contribution in [1.29, 1.82) is 5.26 Å². The van der Waals surface area contributed by atoms with Crippen molar-refractivity contribution in [3.8, 4) is 6.07 Å². The Morgan fingerprint density at radius 3 is 2.82 bits per heavy atom. The third-order valence-corrected chi connectivity index (χ3v) is 3.28. The van der Waals surface area contributed by atoms with Gasteiger partial charge >= 0.3 is 0 Å². The van der Waals surface area contributed by atoms with E-state index in [-0.39, 0.29) is 0 Å². The van der Waals surface area contributed by atoms with Gasteiger partial charge in [0.2, 0.25) is 5.82 Å². The van der Waals surface area contributed by atoms with Crippen molar-refractivity contribution in [3.05, 3.63) is 18.1 Å². The molecule has 0 unspecified atom stereocenters. The van der Waals surface area contributed by atoms with Gasteiger partial charge in [0, 0.05) is 26.3 Å². The number of hydrogen-bond acceptors (Lipinski definition) is 4. The average Bonchev–Trinajstić information content (AvgIpc) is 2.97. The van der Waals surface area contributed by atoms with Gasteiger partial charge in [-0.05, 0) is 18.9 Å². The number of nitrogens with zero attached hydrogens (tertiary/aromatic N) is 5. The van der Waals surface area contributed by atoms with Crippen LogP contribution in [-0.4, -0.2) is 27.6 Å². The molecule has 86 valence electrons. The summed E-state index contributed by atoms with van der Waals surface area (Å²) in [6, 6.07) is 4.08. The van der Waals surface area contributed by atoms with E-state index in [1.807, 2.05) is 13.1 Å². The van der Waals surface area contributed by atoms with Gasteiger partial charge in [-0.2, -0.15) is 5.26 Å². The third kappa shape index (κ3) is 1.45. The minimum absolute atomic E-state index is 0.416. The first-order valence-corrected chi connectivity index (χ1v) is 5.78. The Morgan fingerprint density at radius 1 is 1.35 bits per heavy atom. The number of aromatic nitrogens is 3. The Bertz CT molecular complexity index is 601. The molecule has 1 saturated heterocycles. The van der Waals surface area contributed by atoms with Crippen LogP contribution >= 0.6 is 0 Å². The highest BCUT2D eigenvalue weighted by Crippen LogP contribution is 2.27. The van der Waals surface area contributed by atoms with E-state index in [0.717, 1.165) is 29.9 Å². The van der Waals surface area contributed by atoms with E-state index in [1.54, 1.807) is 10.8 Å². The molecule has 0 amide bonds. The van der Waals surface area contributed by atoms with E-state index in [2.05, 4.69) is 20.9 Å². The van der Waals surface area contributed by atoms with E-state index in [1.165, 1.54) is 12.8 Å². The summed E-state index contributed by atoms with van der Waals surface area (Å²) in [4.78, 5) is 11.0. The largest absolute Gasteiger partial charge is 0.370 e. The predicted octanol–water partition coefficient (Wildman–Crippen LogP) is 1.44. The summed E-state index contributed by atoms with van der Waals surface area (Å²) in [5, 5.41) is 9.00. The fourth-order valence-corrected chi connectivity index (χ4v) is 2.38. The molecule has 2 aromatic rings. The van der Waals surface area contributed by atoms with Crippen LogP contribution in [0.25, 0.3) is 11.2 Å². The lowest BCUT2D eigenvalue weighted by Gasteiger charge is -2.17. The molecule has 3 heterocycles. The number of imidazole rings is 1. The molecule has 0 bridgehead atoms. The van der Waals surface area contributed by atoms with Crippen LogP contribution in [0, 0.1) is 11.3 Å². The highest BCUT2D eigenvalue weighted by Gasteiger charge is 2.18. The van der Waals surface area contributed by atoms with Crippen LogP contribution in [0.15, 0.2) is 12.3 Å². The molecule has 1 aliphatic rings. The summed E-state index contributed by atoms with van der Waals surface area (Å²) < 4.78 is 1.74. The van der Waals surface area contributed by atoms with Crippen LogP contribution in [0.5, 0.6) is 0 Å². The Labute approximate surface area is 99.3 Å². The van der Waals surface area contributed by atoms with Gasteiger partial charge in [-0.25, -0.2) is 9.97 Å². The predicted molar refractivity (Wildman–Crippen MR) is 64.7 cm³/mol. The average molecular weight is 227 g/mol. The molecule has 0 atom stereocenters. The smallest absolute Gasteiger partial charge is 0.214 e. The van der Waals surface area contributed by atoms with E-state index in [9.17, 15) is 0 Å². The highest BCUT2D eigenvalue weighted by atomic mass is 15.2. The number of anilines is 1.